The molecule has 0 aliphatic heterocycles. The van der Waals surface area contributed by atoms with Crippen LogP contribution in [-0.2, 0) is 0 Å². The molecule has 1 unspecified atom stereocenters. The Bertz CT molecular complexity index is 364. The van der Waals surface area contributed by atoms with Gasteiger partial charge < -0.3 is 15.2 Å². The maximum atomic E-state index is 13.6. The summed E-state index contributed by atoms with van der Waals surface area (Å²) in [6.45, 7) is 5.52. The number of ether oxygens (including phenoxy) is 2. The molecular formula is C12H18FNO2. The van der Waals surface area contributed by atoms with Crippen LogP contribution in [0.25, 0.3) is 0 Å². The van der Waals surface area contributed by atoms with Crippen molar-refractivity contribution in [2.24, 2.45) is 5.73 Å². The van der Waals surface area contributed by atoms with E-state index in [0.717, 1.165) is 0 Å². The van der Waals surface area contributed by atoms with E-state index in [0.29, 0.717) is 17.1 Å². The van der Waals surface area contributed by atoms with Gasteiger partial charge in [0.15, 0.2) is 11.5 Å². The van der Waals surface area contributed by atoms with Gasteiger partial charge in [-0.1, -0.05) is 0 Å². The van der Waals surface area contributed by atoms with Crippen molar-refractivity contribution in [2.45, 2.75) is 32.9 Å². The number of hydrogen-bond donors (Lipinski definition) is 1. The van der Waals surface area contributed by atoms with Gasteiger partial charge in [0.2, 0.25) is 0 Å². The Labute approximate surface area is 95.4 Å². The highest BCUT2D eigenvalue weighted by Gasteiger charge is 2.14. The van der Waals surface area contributed by atoms with E-state index in [9.17, 15) is 4.39 Å². The van der Waals surface area contributed by atoms with Crippen molar-refractivity contribution in [3.63, 3.8) is 0 Å². The summed E-state index contributed by atoms with van der Waals surface area (Å²) in [6.07, 6.45) is 0.000270. The first-order valence-corrected chi connectivity index (χ1v) is 5.25. The van der Waals surface area contributed by atoms with E-state index < -0.39 is 0 Å². The van der Waals surface area contributed by atoms with Crippen molar-refractivity contribution in [2.75, 3.05) is 7.11 Å². The molecule has 1 aromatic carbocycles. The van der Waals surface area contributed by atoms with Gasteiger partial charge in [-0.25, -0.2) is 4.39 Å². The maximum absolute atomic E-state index is 13.6. The van der Waals surface area contributed by atoms with Crippen molar-refractivity contribution >= 4 is 0 Å². The van der Waals surface area contributed by atoms with E-state index in [1.165, 1.54) is 13.2 Å². The Morgan fingerprint density at radius 1 is 1.19 bits per heavy atom. The lowest BCUT2D eigenvalue weighted by Crippen LogP contribution is -2.11. The van der Waals surface area contributed by atoms with Crippen molar-refractivity contribution < 1.29 is 13.9 Å². The maximum Gasteiger partial charge on any atom is 0.163 e. The van der Waals surface area contributed by atoms with Crippen LogP contribution < -0.4 is 15.2 Å². The lowest BCUT2D eigenvalue weighted by atomic mass is 10.1. The second kappa shape index (κ2) is 5.16. The third-order valence-corrected chi connectivity index (χ3v) is 2.14. The van der Waals surface area contributed by atoms with Gasteiger partial charge >= 0.3 is 0 Å². The lowest BCUT2D eigenvalue weighted by Gasteiger charge is -2.16. The van der Waals surface area contributed by atoms with Crippen molar-refractivity contribution in [1.29, 1.82) is 0 Å². The first-order valence-electron chi connectivity index (χ1n) is 5.25. The molecule has 0 amide bonds. The molecule has 16 heavy (non-hydrogen) atoms. The summed E-state index contributed by atoms with van der Waals surface area (Å²) in [7, 11) is 1.48. The molecule has 0 aliphatic carbocycles. The van der Waals surface area contributed by atoms with Crippen molar-refractivity contribution in [3.05, 3.63) is 23.5 Å². The highest BCUT2D eigenvalue weighted by molar-refractivity contribution is 5.44. The average molecular weight is 227 g/mol. The smallest absolute Gasteiger partial charge is 0.163 e. The topological polar surface area (TPSA) is 44.5 Å². The number of methoxy groups -OCH3 is 1. The van der Waals surface area contributed by atoms with Crippen LogP contribution in [0.2, 0.25) is 0 Å². The average Bonchev–Trinajstić information content (AvgIpc) is 2.18. The Hall–Kier alpha value is -1.29. The Morgan fingerprint density at radius 3 is 2.25 bits per heavy atom. The zero-order valence-electron chi connectivity index (χ0n) is 10.1. The van der Waals surface area contributed by atoms with Gasteiger partial charge in [0.05, 0.1) is 13.2 Å². The van der Waals surface area contributed by atoms with E-state index in [-0.39, 0.29) is 18.0 Å². The van der Waals surface area contributed by atoms with Crippen LogP contribution in [0.5, 0.6) is 11.5 Å². The molecule has 0 saturated carbocycles. The van der Waals surface area contributed by atoms with Crippen molar-refractivity contribution in [3.8, 4) is 11.5 Å². The zero-order valence-corrected chi connectivity index (χ0v) is 10.1. The summed E-state index contributed by atoms with van der Waals surface area (Å²) in [5.41, 5.74) is 6.10. The summed E-state index contributed by atoms with van der Waals surface area (Å²) < 4.78 is 24.2. The Balaban J connectivity index is 3.17. The fourth-order valence-electron chi connectivity index (χ4n) is 1.41. The SMILES string of the molecule is COc1cc(F)c(C(C)N)cc1OC(C)C. The summed E-state index contributed by atoms with van der Waals surface area (Å²) in [5.74, 6) is 0.532. The third kappa shape index (κ3) is 2.85. The van der Waals surface area contributed by atoms with E-state index in [2.05, 4.69) is 0 Å². The number of benzene rings is 1. The largest absolute Gasteiger partial charge is 0.493 e. The fourth-order valence-corrected chi connectivity index (χ4v) is 1.41. The van der Waals surface area contributed by atoms with Gasteiger partial charge in [0.1, 0.15) is 5.82 Å². The quantitative estimate of drug-likeness (QED) is 0.860. The van der Waals surface area contributed by atoms with Gasteiger partial charge in [-0.3, -0.25) is 0 Å². The van der Waals surface area contributed by atoms with Crippen LogP contribution in [0.1, 0.15) is 32.4 Å². The first kappa shape index (κ1) is 12.8. The summed E-state index contributed by atoms with van der Waals surface area (Å²) in [6, 6.07) is 2.52. The predicted octanol–water partition coefficient (Wildman–Crippen LogP) is 2.64. The van der Waals surface area contributed by atoms with E-state index in [1.54, 1.807) is 13.0 Å². The van der Waals surface area contributed by atoms with Crippen LogP contribution >= 0.6 is 0 Å². The van der Waals surface area contributed by atoms with Crippen LogP contribution in [0.15, 0.2) is 12.1 Å². The zero-order chi connectivity index (χ0) is 12.3. The minimum atomic E-state index is -0.375. The molecular weight excluding hydrogens is 209 g/mol. The molecule has 0 aromatic heterocycles. The van der Waals surface area contributed by atoms with Crippen LogP contribution in [0.3, 0.4) is 0 Å². The number of hydrogen-bond acceptors (Lipinski definition) is 3. The second-order valence-electron chi connectivity index (χ2n) is 3.98. The van der Waals surface area contributed by atoms with E-state index in [4.69, 9.17) is 15.2 Å². The highest BCUT2D eigenvalue weighted by Crippen LogP contribution is 2.32. The lowest BCUT2D eigenvalue weighted by molar-refractivity contribution is 0.229. The molecule has 1 atom stereocenters. The van der Waals surface area contributed by atoms with Gasteiger partial charge in [0, 0.05) is 17.7 Å². The number of rotatable bonds is 4. The Morgan fingerprint density at radius 2 is 1.81 bits per heavy atom. The molecule has 0 bridgehead atoms. The fraction of sp³-hybridized carbons (Fsp3) is 0.500. The molecule has 0 radical (unpaired) electrons. The molecule has 2 N–H and O–H groups in total. The standard InChI is InChI=1S/C12H18FNO2/c1-7(2)16-12-5-9(8(3)14)10(13)6-11(12)15-4/h5-8H,14H2,1-4H3. The summed E-state index contributed by atoms with van der Waals surface area (Å²) in [5, 5.41) is 0. The van der Waals surface area contributed by atoms with Gasteiger partial charge in [0.25, 0.3) is 0 Å². The third-order valence-electron chi connectivity index (χ3n) is 2.14. The molecule has 90 valence electrons. The molecule has 1 aromatic rings. The molecule has 0 fully saturated rings. The minimum absolute atomic E-state index is 0.000270. The second-order valence-corrected chi connectivity index (χ2v) is 3.98. The molecule has 0 heterocycles. The Kier molecular flexibility index (Phi) is 4.12. The van der Waals surface area contributed by atoms with Gasteiger partial charge in [-0.2, -0.15) is 0 Å². The predicted molar refractivity (Wildman–Crippen MR) is 61.3 cm³/mol. The van der Waals surface area contributed by atoms with E-state index in [1.807, 2.05) is 13.8 Å². The molecule has 3 nitrogen and oxygen atoms in total. The minimum Gasteiger partial charge on any atom is -0.493 e. The highest BCUT2D eigenvalue weighted by atomic mass is 19.1. The van der Waals surface area contributed by atoms with Crippen LogP contribution in [-0.4, -0.2) is 13.2 Å². The normalized spacial score (nSPS) is 12.7. The first-order chi connectivity index (χ1) is 7.45. The molecule has 1 rings (SSSR count). The van der Waals surface area contributed by atoms with E-state index >= 15 is 0 Å². The molecule has 0 aliphatic rings. The molecule has 0 spiro atoms. The van der Waals surface area contributed by atoms with Crippen LogP contribution in [0, 0.1) is 5.82 Å². The van der Waals surface area contributed by atoms with Gasteiger partial charge in [-0.05, 0) is 26.8 Å². The monoisotopic (exact) mass is 227 g/mol. The van der Waals surface area contributed by atoms with Crippen molar-refractivity contribution in [1.82, 2.24) is 0 Å². The van der Waals surface area contributed by atoms with Crippen LogP contribution in [0.4, 0.5) is 4.39 Å². The molecule has 4 heteroatoms. The number of nitrogens with two attached hydrogens (primary N) is 1. The van der Waals surface area contributed by atoms with Gasteiger partial charge in [-0.15, -0.1) is 0 Å². The number of halogens is 1. The summed E-state index contributed by atoms with van der Waals surface area (Å²) in [4.78, 5) is 0. The molecule has 0 saturated heterocycles. The summed E-state index contributed by atoms with van der Waals surface area (Å²) >= 11 is 0.